The Morgan fingerprint density at radius 2 is 1.96 bits per heavy atom. The quantitative estimate of drug-likeness (QED) is 0.630. The standard InChI is InChI=1S/C16H11BrN2O3S/c1-9-4-2-3-5-13(9)19-15(21)12(14(20)18-16(19)22)7-11-6-10(17)8-23-11/h2-8H,1H3,(H,18,20,22)/b12-7+. The number of imide groups is 2. The Morgan fingerprint density at radius 1 is 1.22 bits per heavy atom. The highest BCUT2D eigenvalue weighted by molar-refractivity contribution is 9.10. The van der Waals surface area contributed by atoms with E-state index in [0.717, 1.165) is 19.8 Å². The molecule has 7 heteroatoms. The summed E-state index contributed by atoms with van der Waals surface area (Å²) in [7, 11) is 0. The highest BCUT2D eigenvalue weighted by Crippen LogP contribution is 2.27. The minimum atomic E-state index is -0.737. The van der Waals surface area contributed by atoms with Crippen LogP contribution in [0.2, 0.25) is 0 Å². The van der Waals surface area contributed by atoms with Gasteiger partial charge >= 0.3 is 6.03 Å². The van der Waals surface area contributed by atoms with Crippen molar-refractivity contribution in [1.29, 1.82) is 0 Å². The average Bonchev–Trinajstić information content (AvgIpc) is 2.91. The van der Waals surface area contributed by atoms with Gasteiger partial charge in [-0.05, 0) is 46.6 Å². The number of barbiturate groups is 1. The van der Waals surface area contributed by atoms with Gasteiger partial charge in [0.1, 0.15) is 5.57 Å². The van der Waals surface area contributed by atoms with Crippen molar-refractivity contribution in [1.82, 2.24) is 5.32 Å². The lowest BCUT2D eigenvalue weighted by molar-refractivity contribution is -0.122. The van der Waals surface area contributed by atoms with Crippen LogP contribution in [0, 0.1) is 6.92 Å². The number of carbonyl (C=O) groups excluding carboxylic acids is 3. The van der Waals surface area contributed by atoms with Gasteiger partial charge in [0, 0.05) is 14.7 Å². The van der Waals surface area contributed by atoms with Gasteiger partial charge in [0.05, 0.1) is 5.69 Å². The highest BCUT2D eigenvalue weighted by Gasteiger charge is 2.37. The number of hydrogen-bond acceptors (Lipinski definition) is 4. The first-order valence-corrected chi connectivity index (χ1v) is 8.36. The molecule has 0 bridgehead atoms. The summed E-state index contributed by atoms with van der Waals surface area (Å²) < 4.78 is 0.866. The molecule has 0 unspecified atom stereocenters. The van der Waals surface area contributed by atoms with Gasteiger partial charge in [-0.25, -0.2) is 9.69 Å². The minimum Gasteiger partial charge on any atom is -0.273 e. The van der Waals surface area contributed by atoms with Crippen molar-refractivity contribution in [3.05, 3.63) is 56.2 Å². The molecule has 1 aromatic carbocycles. The molecule has 0 radical (unpaired) electrons. The number of nitrogens with one attached hydrogen (secondary N) is 1. The smallest absolute Gasteiger partial charge is 0.273 e. The van der Waals surface area contributed by atoms with E-state index in [1.54, 1.807) is 31.2 Å². The fourth-order valence-corrected chi connectivity index (χ4v) is 3.61. The van der Waals surface area contributed by atoms with Crippen molar-refractivity contribution >= 4 is 56.9 Å². The van der Waals surface area contributed by atoms with Crippen LogP contribution >= 0.6 is 27.3 Å². The van der Waals surface area contributed by atoms with E-state index in [1.807, 2.05) is 11.4 Å². The van der Waals surface area contributed by atoms with E-state index >= 15 is 0 Å². The van der Waals surface area contributed by atoms with Crippen molar-refractivity contribution in [2.45, 2.75) is 6.92 Å². The molecule has 1 N–H and O–H groups in total. The molecule has 1 aliphatic rings. The summed E-state index contributed by atoms with van der Waals surface area (Å²) in [6.07, 6.45) is 1.49. The Morgan fingerprint density at radius 3 is 2.61 bits per heavy atom. The van der Waals surface area contributed by atoms with Gasteiger partial charge in [0.25, 0.3) is 11.8 Å². The maximum atomic E-state index is 12.7. The number of anilines is 1. The van der Waals surface area contributed by atoms with Crippen molar-refractivity contribution < 1.29 is 14.4 Å². The molecular formula is C16H11BrN2O3S. The summed E-state index contributed by atoms with van der Waals surface area (Å²) in [5.74, 6) is -1.31. The van der Waals surface area contributed by atoms with Crippen LogP contribution in [-0.4, -0.2) is 17.8 Å². The van der Waals surface area contributed by atoms with Gasteiger partial charge in [-0.15, -0.1) is 11.3 Å². The summed E-state index contributed by atoms with van der Waals surface area (Å²) in [5, 5.41) is 4.06. The van der Waals surface area contributed by atoms with Gasteiger partial charge < -0.3 is 0 Å². The third kappa shape index (κ3) is 2.97. The lowest BCUT2D eigenvalue weighted by Gasteiger charge is -2.27. The molecule has 3 rings (SSSR count). The monoisotopic (exact) mass is 390 g/mol. The first kappa shape index (κ1) is 15.6. The number of urea groups is 1. The second-order valence-corrected chi connectivity index (χ2v) is 6.77. The van der Waals surface area contributed by atoms with Crippen molar-refractivity contribution in [2.24, 2.45) is 0 Å². The van der Waals surface area contributed by atoms with Crippen LogP contribution in [-0.2, 0) is 9.59 Å². The van der Waals surface area contributed by atoms with Crippen LogP contribution in [0.4, 0.5) is 10.5 Å². The minimum absolute atomic E-state index is 0.0674. The first-order valence-electron chi connectivity index (χ1n) is 6.68. The first-order chi connectivity index (χ1) is 11.0. The third-order valence-corrected chi connectivity index (χ3v) is 4.97. The van der Waals surface area contributed by atoms with Crippen LogP contribution < -0.4 is 10.2 Å². The van der Waals surface area contributed by atoms with Gasteiger partial charge in [-0.3, -0.25) is 14.9 Å². The number of para-hydroxylation sites is 1. The highest BCUT2D eigenvalue weighted by atomic mass is 79.9. The molecule has 2 aromatic rings. The summed E-state index contributed by atoms with van der Waals surface area (Å²) in [4.78, 5) is 38.6. The number of halogens is 1. The molecule has 1 aliphatic heterocycles. The maximum absolute atomic E-state index is 12.7. The molecule has 4 amide bonds. The number of thiophene rings is 1. The lowest BCUT2D eigenvalue weighted by Crippen LogP contribution is -2.54. The zero-order valence-electron chi connectivity index (χ0n) is 12.0. The molecule has 1 aromatic heterocycles. The zero-order valence-corrected chi connectivity index (χ0v) is 14.4. The summed E-state index contributed by atoms with van der Waals surface area (Å²) in [5.41, 5.74) is 1.16. The predicted octanol–water partition coefficient (Wildman–Crippen LogP) is 3.49. The summed E-state index contributed by atoms with van der Waals surface area (Å²) in [6.45, 7) is 1.80. The van der Waals surface area contributed by atoms with Crippen LogP contribution in [0.5, 0.6) is 0 Å². The maximum Gasteiger partial charge on any atom is 0.335 e. The van der Waals surface area contributed by atoms with E-state index in [9.17, 15) is 14.4 Å². The molecule has 1 saturated heterocycles. The molecule has 0 spiro atoms. The Labute approximate surface area is 144 Å². The lowest BCUT2D eigenvalue weighted by atomic mass is 10.1. The van der Waals surface area contributed by atoms with E-state index in [0.29, 0.717) is 5.69 Å². The fraction of sp³-hybridized carbons (Fsp3) is 0.0625. The number of amides is 4. The van der Waals surface area contributed by atoms with Crippen LogP contribution in [0.15, 0.2) is 45.8 Å². The molecule has 2 heterocycles. The van der Waals surface area contributed by atoms with Gasteiger partial charge in [0.15, 0.2) is 0 Å². The zero-order chi connectivity index (χ0) is 16.6. The van der Waals surface area contributed by atoms with Gasteiger partial charge in [-0.2, -0.15) is 0 Å². The van der Waals surface area contributed by atoms with Crippen molar-refractivity contribution in [2.75, 3.05) is 4.90 Å². The largest absolute Gasteiger partial charge is 0.335 e. The molecule has 116 valence electrons. The van der Waals surface area contributed by atoms with E-state index in [4.69, 9.17) is 0 Å². The van der Waals surface area contributed by atoms with E-state index in [2.05, 4.69) is 21.2 Å². The predicted molar refractivity (Wildman–Crippen MR) is 92.2 cm³/mol. The van der Waals surface area contributed by atoms with E-state index < -0.39 is 17.8 Å². The van der Waals surface area contributed by atoms with Crippen LogP contribution in [0.3, 0.4) is 0 Å². The average molecular weight is 391 g/mol. The molecule has 5 nitrogen and oxygen atoms in total. The normalized spacial score (nSPS) is 16.9. The number of aryl methyl sites for hydroxylation is 1. The van der Waals surface area contributed by atoms with Crippen molar-refractivity contribution in [3.63, 3.8) is 0 Å². The van der Waals surface area contributed by atoms with Crippen LogP contribution in [0.25, 0.3) is 6.08 Å². The second kappa shape index (κ2) is 6.10. The van der Waals surface area contributed by atoms with E-state index in [-0.39, 0.29) is 5.57 Å². The number of carbonyl (C=O) groups is 3. The van der Waals surface area contributed by atoms with E-state index in [1.165, 1.54) is 17.4 Å². The third-order valence-electron chi connectivity index (χ3n) is 3.33. The Bertz CT molecular complexity index is 857. The summed E-state index contributed by atoms with van der Waals surface area (Å²) in [6, 6.07) is 8.08. The van der Waals surface area contributed by atoms with Gasteiger partial charge in [-0.1, -0.05) is 18.2 Å². The Kier molecular flexibility index (Phi) is 4.14. The number of benzene rings is 1. The fourth-order valence-electron chi connectivity index (χ4n) is 2.24. The molecule has 0 atom stereocenters. The summed E-state index contributed by atoms with van der Waals surface area (Å²) >= 11 is 4.72. The number of hydrogen-bond donors (Lipinski definition) is 1. The Hall–Kier alpha value is -2.25. The SMILES string of the molecule is Cc1ccccc1N1C(=O)NC(=O)/C(=C\c2cc(Br)cs2)C1=O. The van der Waals surface area contributed by atoms with Crippen molar-refractivity contribution in [3.8, 4) is 0 Å². The number of nitrogens with zero attached hydrogens (tertiary/aromatic N) is 1. The molecule has 0 aliphatic carbocycles. The molecule has 0 saturated carbocycles. The Balaban J connectivity index is 2.04. The molecular weight excluding hydrogens is 380 g/mol. The topological polar surface area (TPSA) is 66.5 Å². The number of rotatable bonds is 2. The van der Waals surface area contributed by atoms with Crippen LogP contribution in [0.1, 0.15) is 10.4 Å². The second-order valence-electron chi connectivity index (χ2n) is 4.91. The van der Waals surface area contributed by atoms with Gasteiger partial charge in [0.2, 0.25) is 0 Å². The molecule has 23 heavy (non-hydrogen) atoms. The molecule has 1 fully saturated rings.